The second kappa shape index (κ2) is 8.25. The Morgan fingerprint density at radius 3 is 2.07 bits per heavy atom. The summed E-state index contributed by atoms with van der Waals surface area (Å²) < 4.78 is 0. The number of rotatable bonds is 8. The van der Waals surface area contributed by atoms with Gasteiger partial charge in [0.15, 0.2) is 0 Å². The summed E-state index contributed by atoms with van der Waals surface area (Å²) in [6.07, 6.45) is 2.64. The van der Waals surface area contributed by atoms with E-state index in [9.17, 15) is 0 Å². The molecule has 0 saturated carbocycles. The first-order valence-electron chi connectivity index (χ1n) is 6.06. The lowest BCUT2D eigenvalue weighted by Crippen LogP contribution is -2.34. The Morgan fingerprint density at radius 1 is 1.07 bits per heavy atom. The highest BCUT2D eigenvalue weighted by Gasteiger charge is 2.10. The summed E-state index contributed by atoms with van der Waals surface area (Å²) in [6.45, 7) is 13.4. The molecule has 0 rings (SSSR count). The molecule has 0 aliphatic heterocycles. The van der Waals surface area contributed by atoms with E-state index in [4.69, 9.17) is 5.73 Å². The smallest absolute Gasteiger partial charge is 0.00191 e. The normalized spacial score (nSPS) is 15.9. The van der Waals surface area contributed by atoms with Crippen molar-refractivity contribution in [3.8, 4) is 0 Å². The Balaban J connectivity index is 3.77. The topological polar surface area (TPSA) is 29.3 Å². The van der Waals surface area contributed by atoms with Gasteiger partial charge < -0.3 is 10.6 Å². The maximum atomic E-state index is 5.64. The molecule has 0 radical (unpaired) electrons. The second-order valence-electron chi connectivity index (χ2n) is 4.59. The quantitative estimate of drug-likeness (QED) is 0.651. The molecule has 2 nitrogen and oxygen atoms in total. The third-order valence-electron chi connectivity index (χ3n) is 2.77. The molecule has 0 aliphatic rings. The van der Waals surface area contributed by atoms with Crippen LogP contribution in [-0.2, 0) is 0 Å². The first-order chi connectivity index (χ1) is 6.63. The van der Waals surface area contributed by atoms with Crippen molar-refractivity contribution in [3.63, 3.8) is 0 Å². The molecule has 14 heavy (non-hydrogen) atoms. The van der Waals surface area contributed by atoms with Crippen LogP contribution in [0.5, 0.6) is 0 Å². The molecule has 2 heteroatoms. The van der Waals surface area contributed by atoms with Gasteiger partial charge in [-0.1, -0.05) is 34.1 Å². The first kappa shape index (κ1) is 13.9. The van der Waals surface area contributed by atoms with Gasteiger partial charge in [-0.05, 0) is 31.3 Å². The van der Waals surface area contributed by atoms with E-state index in [-0.39, 0.29) is 0 Å². The minimum atomic E-state index is 0.628. The third-order valence-corrected chi connectivity index (χ3v) is 2.77. The van der Waals surface area contributed by atoms with Gasteiger partial charge in [0.05, 0.1) is 0 Å². The van der Waals surface area contributed by atoms with E-state index >= 15 is 0 Å². The zero-order valence-electron chi connectivity index (χ0n) is 10.4. The summed E-state index contributed by atoms with van der Waals surface area (Å²) in [4.78, 5) is 2.53. The Hall–Kier alpha value is -0.0800. The molecule has 0 fully saturated rings. The molecule has 0 aromatic heterocycles. The maximum Gasteiger partial charge on any atom is 0.00191 e. The Bertz CT molecular complexity index is 125. The molecule has 0 heterocycles. The van der Waals surface area contributed by atoms with Crippen LogP contribution in [0.1, 0.15) is 40.5 Å². The van der Waals surface area contributed by atoms with Crippen LogP contribution in [0.4, 0.5) is 0 Å². The minimum absolute atomic E-state index is 0.628. The Labute approximate surface area is 89.9 Å². The number of nitrogens with zero attached hydrogens (tertiary/aromatic N) is 1. The fraction of sp³-hybridized carbons (Fsp3) is 1.00. The van der Waals surface area contributed by atoms with E-state index in [0.717, 1.165) is 25.6 Å². The molecule has 0 bridgehead atoms. The van der Waals surface area contributed by atoms with Gasteiger partial charge in [-0.2, -0.15) is 0 Å². The molecule has 86 valence electrons. The fourth-order valence-corrected chi connectivity index (χ4v) is 1.87. The van der Waals surface area contributed by atoms with Crippen LogP contribution in [-0.4, -0.2) is 31.1 Å². The zero-order valence-corrected chi connectivity index (χ0v) is 10.4. The molecule has 0 aliphatic carbocycles. The largest absolute Gasteiger partial charge is 0.330 e. The van der Waals surface area contributed by atoms with Crippen molar-refractivity contribution >= 4 is 0 Å². The van der Waals surface area contributed by atoms with Gasteiger partial charge in [-0.15, -0.1) is 0 Å². The Kier molecular flexibility index (Phi) is 8.20. The highest BCUT2D eigenvalue weighted by molar-refractivity contribution is 4.65. The summed E-state index contributed by atoms with van der Waals surface area (Å²) in [5, 5.41) is 0. The molecule has 2 unspecified atom stereocenters. The van der Waals surface area contributed by atoms with Crippen molar-refractivity contribution in [2.75, 3.05) is 26.2 Å². The molecule has 0 aromatic rings. The molecule has 0 spiro atoms. The fourth-order valence-electron chi connectivity index (χ4n) is 1.87. The van der Waals surface area contributed by atoms with Crippen molar-refractivity contribution in [3.05, 3.63) is 0 Å². The van der Waals surface area contributed by atoms with Crippen LogP contribution in [0, 0.1) is 11.8 Å². The second-order valence-corrected chi connectivity index (χ2v) is 4.59. The van der Waals surface area contributed by atoms with E-state index in [0.29, 0.717) is 5.92 Å². The molecule has 0 amide bonds. The van der Waals surface area contributed by atoms with Crippen molar-refractivity contribution in [1.82, 2.24) is 4.90 Å². The predicted molar refractivity (Wildman–Crippen MR) is 64.4 cm³/mol. The number of hydrogen-bond acceptors (Lipinski definition) is 2. The lowest BCUT2D eigenvalue weighted by atomic mass is 10.0. The summed E-state index contributed by atoms with van der Waals surface area (Å²) >= 11 is 0. The van der Waals surface area contributed by atoms with Crippen LogP contribution >= 0.6 is 0 Å². The van der Waals surface area contributed by atoms with Gasteiger partial charge in [0.1, 0.15) is 0 Å². The van der Waals surface area contributed by atoms with E-state index in [1.54, 1.807) is 0 Å². The molecular formula is C12H28N2. The number of hydrogen-bond donors (Lipinski definition) is 1. The van der Waals surface area contributed by atoms with E-state index in [1.807, 2.05) is 0 Å². The van der Waals surface area contributed by atoms with E-state index in [1.165, 1.54) is 19.4 Å². The van der Waals surface area contributed by atoms with Gasteiger partial charge >= 0.3 is 0 Å². The SMILES string of the molecule is CCCC(C)CN(CC)CC(C)CN. The average molecular weight is 200 g/mol. The van der Waals surface area contributed by atoms with Crippen molar-refractivity contribution < 1.29 is 0 Å². The summed E-state index contributed by atoms with van der Waals surface area (Å²) in [5.74, 6) is 1.45. The van der Waals surface area contributed by atoms with Crippen LogP contribution in [0.3, 0.4) is 0 Å². The summed E-state index contributed by atoms with van der Waals surface area (Å²) in [6, 6.07) is 0. The number of nitrogens with two attached hydrogens (primary N) is 1. The van der Waals surface area contributed by atoms with Gasteiger partial charge in [-0.3, -0.25) is 0 Å². The highest BCUT2D eigenvalue weighted by Crippen LogP contribution is 2.08. The van der Waals surface area contributed by atoms with Gasteiger partial charge in [-0.25, -0.2) is 0 Å². The van der Waals surface area contributed by atoms with Crippen LogP contribution in [0.15, 0.2) is 0 Å². The first-order valence-corrected chi connectivity index (χ1v) is 6.06. The third kappa shape index (κ3) is 6.39. The molecule has 0 saturated heterocycles. The predicted octanol–water partition coefficient (Wildman–Crippen LogP) is 2.34. The van der Waals surface area contributed by atoms with Gasteiger partial charge in [0, 0.05) is 13.1 Å². The maximum absolute atomic E-state index is 5.64. The lowest BCUT2D eigenvalue weighted by molar-refractivity contribution is 0.215. The highest BCUT2D eigenvalue weighted by atomic mass is 15.1. The van der Waals surface area contributed by atoms with Gasteiger partial charge in [0.25, 0.3) is 0 Å². The zero-order chi connectivity index (χ0) is 11.0. The molecular weight excluding hydrogens is 172 g/mol. The summed E-state index contributed by atoms with van der Waals surface area (Å²) in [7, 11) is 0. The van der Waals surface area contributed by atoms with E-state index in [2.05, 4.69) is 32.6 Å². The molecule has 0 aromatic carbocycles. The van der Waals surface area contributed by atoms with Crippen LogP contribution < -0.4 is 5.73 Å². The van der Waals surface area contributed by atoms with Crippen LogP contribution in [0.25, 0.3) is 0 Å². The summed E-state index contributed by atoms with van der Waals surface area (Å²) in [5.41, 5.74) is 5.64. The Morgan fingerprint density at radius 2 is 1.64 bits per heavy atom. The lowest BCUT2D eigenvalue weighted by Gasteiger charge is -2.26. The molecule has 2 N–H and O–H groups in total. The van der Waals surface area contributed by atoms with E-state index < -0.39 is 0 Å². The molecule has 2 atom stereocenters. The minimum Gasteiger partial charge on any atom is -0.330 e. The van der Waals surface area contributed by atoms with Gasteiger partial charge in [0.2, 0.25) is 0 Å². The monoisotopic (exact) mass is 200 g/mol. The average Bonchev–Trinajstić information content (AvgIpc) is 2.16. The van der Waals surface area contributed by atoms with Crippen molar-refractivity contribution in [2.45, 2.75) is 40.5 Å². The van der Waals surface area contributed by atoms with Crippen LogP contribution in [0.2, 0.25) is 0 Å². The van der Waals surface area contributed by atoms with Crippen molar-refractivity contribution in [1.29, 1.82) is 0 Å². The van der Waals surface area contributed by atoms with Crippen molar-refractivity contribution in [2.24, 2.45) is 17.6 Å². The standard InChI is InChI=1S/C12H28N2/c1-5-7-11(3)9-14(6-2)10-12(4)8-13/h11-12H,5-10,13H2,1-4H3.